The molecular formula is C42H46N4O7S. The maximum absolute atomic E-state index is 13.9. The first-order chi connectivity index (χ1) is 26.0. The summed E-state index contributed by atoms with van der Waals surface area (Å²) in [7, 11) is 0.205. The Labute approximate surface area is 318 Å². The fourth-order valence-electron chi connectivity index (χ4n) is 7.16. The Kier molecular flexibility index (Phi) is 12.6. The van der Waals surface area contributed by atoms with Crippen LogP contribution < -0.4 is 15.5 Å². The van der Waals surface area contributed by atoms with Gasteiger partial charge in [-0.15, -0.1) is 0 Å². The molecule has 11 nitrogen and oxygen atoms in total. The van der Waals surface area contributed by atoms with Crippen LogP contribution in [0.4, 0.5) is 17.1 Å². The molecule has 6 rings (SSSR count). The number of hydrogen-bond acceptors (Lipinski definition) is 6. The highest BCUT2D eigenvalue weighted by Gasteiger charge is 2.30. The van der Waals surface area contributed by atoms with Gasteiger partial charge in [-0.3, -0.25) is 14.4 Å². The third-order valence-electron chi connectivity index (χ3n) is 10.5. The average Bonchev–Trinajstić information content (AvgIpc) is 3.20. The summed E-state index contributed by atoms with van der Waals surface area (Å²) in [5.74, 6) is -2.93. The number of carboxylic acid groups (broad SMARTS) is 2. The SMILES string of the molecule is CN(C1CCC(C(=O)O)CC1)S(=O)c1cccc(C(=O)Nc2ccc(N3CCCCC3)cc2C(=O)Nc2ccc(CCc3ccc(C(=O)O)cc3)cc2)c1. The molecule has 1 saturated carbocycles. The van der Waals surface area contributed by atoms with Crippen LogP contribution in [0.1, 0.15) is 87.1 Å². The van der Waals surface area contributed by atoms with E-state index in [0.717, 1.165) is 62.0 Å². The third-order valence-corrected chi connectivity index (χ3v) is 11.9. The normalized spacial score (nSPS) is 17.8. The van der Waals surface area contributed by atoms with Crippen LogP contribution in [0.2, 0.25) is 0 Å². The predicted octanol–water partition coefficient (Wildman–Crippen LogP) is 7.26. The van der Waals surface area contributed by atoms with Gasteiger partial charge in [0.1, 0.15) is 11.0 Å². The van der Waals surface area contributed by atoms with Crippen LogP contribution in [0.15, 0.2) is 95.9 Å². The van der Waals surface area contributed by atoms with Crippen molar-refractivity contribution in [2.75, 3.05) is 35.7 Å². The van der Waals surface area contributed by atoms with E-state index in [1.54, 1.807) is 53.8 Å². The van der Waals surface area contributed by atoms with Gasteiger partial charge >= 0.3 is 11.9 Å². The van der Waals surface area contributed by atoms with Crippen LogP contribution in [0.5, 0.6) is 0 Å². The lowest BCUT2D eigenvalue weighted by Gasteiger charge is -2.32. The molecule has 1 unspecified atom stereocenters. The van der Waals surface area contributed by atoms with Crippen LogP contribution >= 0.6 is 0 Å². The number of anilines is 3. The average molecular weight is 751 g/mol. The van der Waals surface area contributed by atoms with E-state index in [0.29, 0.717) is 53.1 Å². The van der Waals surface area contributed by atoms with E-state index in [1.165, 1.54) is 0 Å². The van der Waals surface area contributed by atoms with Crippen LogP contribution in [-0.4, -0.2) is 68.7 Å². The molecule has 2 fully saturated rings. The molecule has 0 bridgehead atoms. The molecule has 1 aliphatic carbocycles. The number of amides is 2. The van der Waals surface area contributed by atoms with Crippen molar-refractivity contribution in [1.29, 1.82) is 0 Å². The number of aromatic carboxylic acids is 1. The molecule has 54 heavy (non-hydrogen) atoms. The molecular weight excluding hydrogens is 705 g/mol. The summed E-state index contributed by atoms with van der Waals surface area (Å²) >= 11 is 0. The third kappa shape index (κ3) is 9.61. The maximum atomic E-state index is 13.9. The second-order valence-electron chi connectivity index (χ2n) is 14.1. The molecule has 12 heteroatoms. The first kappa shape index (κ1) is 38.4. The lowest BCUT2D eigenvalue weighted by Crippen LogP contribution is -2.37. The maximum Gasteiger partial charge on any atom is 0.335 e. The number of nitrogens with one attached hydrogen (secondary N) is 2. The number of rotatable bonds is 13. The number of aryl methyl sites for hydroxylation is 2. The molecule has 282 valence electrons. The molecule has 1 aliphatic heterocycles. The Morgan fingerprint density at radius 3 is 2.02 bits per heavy atom. The van der Waals surface area contributed by atoms with Gasteiger partial charge in [-0.1, -0.05) is 30.3 Å². The van der Waals surface area contributed by atoms with Crippen LogP contribution in [0.25, 0.3) is 0 Å². The molecule has 4 N–H and O–H groups in total. The molecule has 0 aromatic heterocycles. The van der Waals surface area contributed by atoms with E-state index in [9.17, 15) is 28.5 Å². The largest absolute Gasteiger partial charge is 0.481 e. The Morgan fingerprint density at radius 1 is 0.741 bits per heavy atom. The van der Waals surface area contributed by atoms with Gasteiger partial charge in [-0.25, -0.2) is 13.3 Å². The first-order valence-corrected chi connectivity index (χ1v) is 19.6. The smallest absolute Gasteiger partial charge is 0.335 e. The first-order valence-electron chi connectivity index (χ1n) is 18.5. The van der Waals surface area contributed by atoms with Crippen molar-refractivity contribution in [1.82, 2.24) is 4.31 Å². The van der Waals surface area contributed by atoms with Crippen molar-refractivity contribution >= 4 is 51.8 Å². The topological polar surface area (TPSA) is 156 Å². The monoisotopic (exact) mass is 750 g/mol. The Hall–Kier alpha value is -5.33. The fraction of sp³-hybridized carbons (Fsp3) is 0.333. The number of carbonyl (C=O) groups is 4. The zero-order valence-corrected chi connectivity index (χ0v) is 31.1. The molecule has 1 atom stereocenters. The lowest BCUT2D eigenvalue weighted by atomic mass is 9.86. The summed E-state index contributed by atoms with van der Waals surface area (Å²) in [4.78, 5) is 52.8. The Morgan fingerprint density at radius 2 is 1.39 bits per heavy atom. The van der Waals surface area contributed by atoms with Gasteiger partial charge < -0.3 is 25.7 Å². The highest BCUT2D eigenvalue weighted by Crippen LogP contribution is 2.30. The Balaban J connectivity index is 1.14. The van der Waals surface area contributed by atoms with Gasteiger partial charge in [0.2, 0.25) is 0 Å². The highest BCUT2D eigenvalue weighted by atomic mass is 32.2. The highest BCUT2D eigenvalue weighted by molar-refractivity contribution is 7.82. The number of piperidine rings is 1. The lowest BCUT2D eigenvalue weighted by molar-refractivity contribution is -0.143. The molecule has 2 amide bonds. The fourth-order valence-corrected chi connectivity index (χ4v) is 8.40. The molecule has 1 saturated heterocycles. The zero-order valence-electron chi connectivity index (χ0n) is 30.3. The summed E-state index contributed by atoms with van der Waals surface area (Å²) in [6, 6.07) is 26.5. The van der Waals surface area contributed by atoms with E-state index < -0.39 is 28.8 Å². The molecule has 0 spiro atoms. The number of nitrogens with zero attached hydrogens (tertiary/aromatic N) is 2. The van der Waals surface area contributed by atoms with E-state index in [4.69, 9.17) is 5.11 Å². The minimum absolute atomic E-state index is 0.0282. The van der Waals surface area contributed by atoms with Crippen molar-refractivity contribution in [3.8, 4) is 0 Å². The Bertz CT molecular complexity index is 2000. The number of benzene rings is 4. The van der Waals surface area contributed by atoms with Crippen molar-refractivity contribution < 1.29 is 33.6 Å². The van der Waals surface area contributed by atoms with Crippen molar-refractivity contribution in [2.24, 2.45) is 5.92 Å². The van der Waals surface area contributed by atoms with E-state index in [-0.39, 0.29) is 23.4 Å². The second kappa shape index (κ2) is 17.7. The summed E-state index contributed by atoms with van der Waals surface area (Å²) < 4.78 is 15.3. The van der Waals surface area contributed by atoms with E-state index >= 15 is 0 Å². The van der Waals surface area contributed by atoms with E-state index in [1.807, 2.05) is 48.5 Å². The molecule has 4 aromatic carbocycles. The number of aliphatic carboxylic acids is 1. The minimum Gasteiger partial charge on any atom is -0.481 e. The number of carboxylic acids is 2. The minimum atomic E-state index is -1.56. The van der Waals surface area contributed by atoms with Gasteiger partial charge in [-0.05, 0) is 130 Å². The molecule has 4 aromatic rings. The number of carbonyl (C=O) groups excluding carboxylic acids is 2. The summed E-state index contributed by atoms with van der Waals surface area (Å²) in [6.45, 7) is 1.77. The molecule has 1 heterocycles. The molecule has 2 aliphatic rings. The molecule has 0 radical (unpaired) electrons. The van der Waals surface area contributed by atoms with E-state index in [2.05, 4.69) is 15.5 Å². The predicted molar refractivity (Wildman–Crippen MR) is 210 cm³/mol. The summed E-state index contributed by atoms with van der Waals surface area (Å²) in [5.41, 5.74) is 4.82. The van der Waals surface area contributed by atoms with Gasteiger partial charge in [0, 0.05) is 43.1 Å². The van der Waals surface area contributed by atoms with Crippen LogP contribution in [0.3, 0.4) is 0 Å². The number of hydrogen-bond donors (Lipinski definition) is 4. The quantitative estimate of drug-likeness (QED) is 0.111. The summed E-state index contributed by atoms with van der Waals surface area (Å²) in [6.07, 6.45) is 7.12. The standard InChI is InChI=1S/C42H46N4O7S/c1-45(34-20-16-31(17-21-34)42(51)52)54(53)36-7-5-6-32(26-36)39(47)44-38-23-22-35(46-24-3-2-4-25-46)27-37(38)40(48)43-33-18-12-29(13-19-33)9-8-28-10-14-30(15-11-28)41(49)50/h5-7,10-15,18-19,22-23,26-27,31,34H,2-4,8-9,16-17,20-21,24-25H2,1H3,(H,43,48)(H,44,47)(H,49,50)(H,51,52). The van der Waals surface area contributed by atoms with Crippen LogP contribution in [0, 0.1) is 5.92 Å². The van der Waals surface area contributed by atoms with Crippen LogP contribution in [-0.2, 0) is 28.6 Å². The van der Waals surface area contributed by atoms with Gasteiger partial charge in [0.25, 0.3) is 11.8 Å². The second-order valence-corrected chi connectivity index (χ2v) is 15.6. The van der Waals surface area contributed by atoms with Gasteiger partial charge in [0.05, 0.1) is 27.6 Å². The van der Waals surface area contributed by atoms with Gasteiger partial charge in [-0.2, -0.15) is 0 Å². The van der Waals surface area contributed by atoms with Crippen molar-refractivity contribution in [3.05, 3.63) is 119 Å². The van der Waals surface area contributed by atoms with Crippen molar-refractivity contribution in [3.63, 3.8) is 0 Å². The zero-order chi connectivity index (χ0) is 38.2. The summed E-state index contributed by atoms with van der Waals surface area (Å²) in [5, 5.41) is 24.4. The van der Waals surface area contributed by atoms with Crippen molar-refractivity contribution in [2.45, 2.75) is 68.7 Å². The van der Waals surface area contributed by atoms with Gasteiger partial charge in [0.15, 0.2) is 0 Å².